The van der Waals surface area contributed by atoms with Crippen LogP contribution in [0.3, 0.4) is 0 Å². The SMILES string of the molecule is C=CC(c1ccccc1)C(S(=O)(=O)c1ccccc1)S(=O)(=O)c1ccccc1. The topological polar surface area (TPSA) is 68.3 Å². The summed E-state index contributed by atoms with van der Waals surface area (Å²) in [6, 6.07) is 24.0. The summed E-state index contributed by atoms with van der Waals surface area (Å²) >= 11 is 0. The maximum Gasteiger partial charge on any atom is 0.196 e. The van der Waals surface area contributed by atoms with Crippen molar-refractivity contribution in [2.24, 2.45) is 0 Å². The van der Waals surface area contributed by atoms with Crippen molar-refractivity contribution in [2.75, 3.05) is 0 Å². The minimum atomic E-state index is -4.23. The summed E-state index contributed by atoms with van der Waals surface area (Å²) in [6.07, 6.45) is 1.39. The molecular weight excluding hydrogens is 392 g/mol. The van der Waals surface area contributed by atoms with Crippen molar-refractivity contribution >= 4 is 19.7 Å². The first kappa shape index (κ1) is 20.0. The van der Waals surface area contributed by atoms with Gasteiger partial charge in [0, 0.05) is 5.92 Å². The lowest BCUT2D eigenvalue weighted by Crippen LogP contribution is -2.35. The van der Waals surface area contributed by atoms with Crippen molar-refractivity contribution in [3.63, 3.8) is 0 Å². The first-order valence-corrected chi connectivity index (χ1v) is 11.7. The third-order valence-electron chi connectivity index (χ3n) is 4.49. The molecule has 3 rings (SSSR count). The zero-order chi connectivity index (χ0) is 20.2. The van der Waals surface area contributed by atoms with Crippen LogP contribution in [0, 0.1) is 0 Å². The first-order chi connectivity index (χ1) is 13.4. The molecule has 1 unspecified atom stereocenters. The second-order valence-corrected chi connectivity index (χ2v) is 10.7. The molecule has 0 N–H and O–H groups in total. The van der Waals surface area contributed by atoms with Gasteiger partial charge in [0.15, 0.2) is 24.3 Å². The van der Waals surface area contributed by atoms with Crippen molar-refractivity contribution in [2.45, 2.75) is 20.3 Å². The molecule has 0 bridgehead atoms. The lowest BCUT2D eigenvalue weighted by molar-refractivity contribution is 0.567. The van der Waals surface area contributed by atoms with Gasteiger partial charge in [-0.3, -0.25) is 0 Å². The van der Waals surface area contributed by atoms with Crippen LogP contribution in [-0.4, -0.2) is 21.4 Å². The Balaban J connectivity index is 2.27. The summed E-state index contributed by atoms with van der Waals surface area (Å²) in [5.74, 6) is -0.934. The third-order valence-corrected chi connectivity index (χ3v) is 9.68. The van der Waals surface area contributed by atoms with E-state index in [-0.39, 0.29) is 9.79 Å². The van der Waals surface area contributed by atoms with Gasteiger partial charge in [-0.05, 0) is 29.8 Å². The monoisotopic (exact) mass is 412 g/mol. The Labute approximate surface area is 166 Å². The molecule has 0 fully saturated rings. The van der Waals surface area contributed by atoms with Gasteiger partial charge in [0.2, 0.25) is 0 Å². The largest absolute Gasteiger partial charge is 0.222 e. The number of rotatable bonds is 7. The fourth-order valence-electron chi connectivity index (χ4n) is 3.12. The second kappa shape index (κ2) is 8.12. The molecule has 0 spiro atoms. The van der Waals surface area contributed by atoms with Crippen LogP contribution in [0.5, 0.6) is 0 Å². The van der Waals surface area contributed by atoms with Gasteiger partial charge < -0.3 is 0 Å². The van der Waals surface area contributed by atoms with Crippen molar-refractivity contribution in [1.82, 2.24) is 0 Å². The molecule has 0 amide bonds. The van der Waals surface area contributed by atoms with E-state index in [0.29, 0.717) is 5.56 Å². The van der Waals surface area contributed by atoms with Crippen LogP contribution in [0.25, 0.3) is 0 Å². The molecule has 3 aromatic rings. The van der Waals surface area contributed by atoms with E-state index >= 15 is 0 Å². The Kier molecular flexibility index (Phi) is 5.82. The molecule has 144 valence electrons. The minimum Gasteiger partial charge on any atom is -0.222 e. The van der Waals surface area contributed by atoms with E-state index in [9.17, 15) is 16.8 Å². The number of hydrogen-bond donors (Lipinski definition) is 0. The molecular formula is C22H20O4S2. The summed E-state index contributed by atoms with van der Waals surface area (Å²) in [5, 5.41) is 0. The van der Waals surface area contributed by atoms with Gasteiger partial charge in [0.05, 0.1) is 9.79 Å². The standard InChI is InChI=1S/C22H20O4S2/c1-2-21(18-12-6-3-7-13-18)22(27(23,24)19-14-8-4-9-15-19)28(25,26)20-16-10-5-11-17-20/h2-17,21-22H,1H2. The van der Waals surface area contributed by atoms with Crippen LogP contribution < -0.4 is 0 Å². The first-order valence-electron chi connectivity index (χ1n) is 8.64. The molecule has 0 saturated heterocycles. The minimum absolute atomic E-state index is 0.0395. The number of hydrogen-bond acceptors (Lipinski definition) is 4. The second-order valence-electron chi connectivity index (χ2n) is 6.26. The van der Waals surface area contributed by atoms with Crippen molar-refractivity contribution in [3.8, 4) is 0 Å². The summed E-state index contributed by atoms with van der Waals surface area (Å²) < 4.78 is 52.3. The lowest BCUT2D eigenvalue weighted by atomic mass is 10.0. The van der Waals surface area contributed by atoms with Crippen LogP contribution in [0.2, 0.25) is 0 Å². The highest BCUT2D eigenvalue weighted by Crippen LogP contribution is 2.36. The predicted octanol–water partition coefficient (Wildman–Crippen LogP) is 4.23. The lowest BCUT2D eigenvalue weighted by Gasteiger charge is -2.25. The fourth-order valence-corrected chi connectivity index (χ4v) is 8.04. The molecule has 0 aliphatic rings. The molecule has 6 heteroatoms. The van der Waals surface area contributed by atoms with Gasteiger partial charge in [-0.15, -0.1) is 6.58 Å². The highest BCUT2D eigenvalue weighted by molar-refractivity contribution is 8.09. The quantitative estimate of drug-likeness (QED) is 0.545. The molecule has 28 heavy (non-hydrogen) atoms. The highest BCUT2D eigenvalue weighted by atomic mass is 32.3. The zero-order valence-electron chi connectivity index (χ0n) is 15.0. The van der Waals surface area contributed by atoms with Gasteiger partial charge in [0.25, 0.3) is 0 Å². The maximum atomic E-state index is 13.5. The molecule has 0 aliphatic carbocycles. The molecule has 0 aliphatic heterocycles. The van der Waals surface area contributed by atoms with Crippen LogP contribution >= 0.6 is 0 Å². The van der Waals surface area contributed by atoms with E-state index in [4.69, 9.17) is 0 Å². The van der Waals surface area contributed by atoms with E-state index in [1.807, 2.05) is 0 Å². The Bertz CT molecular complexity index is 1070. The van der Waals surface area contributed by atoms with E-state index in [1.165, 1.54) is 30.3 Å². The van der Waals surface area contributed by atoms with Gasteiger partial charge in [-0.2, -0.15) is 0 Å². The highest BCUT2D eigenvalue weighted by Gasteiger charge is 2.45. The summed E-state index contributed by atoms with van der Waals surface area (Å²) in [4.78, 5) is -0.0791. The smallest absolute Gasteiger partial charge is 0.196 e. The summed E-state index contributed by atoms with van der Waals surface area (Å²) in [6.45, 7) is 3.74. The van der Waals surface area contributed by atoms with Crippen molar-refractivity contribution in [3.05, 3.63) is 109 Å². The molecule has 0 aromatic heterocycles. The van der Waals surface area contributed by atoms with E-state index in [1.54, 1.807) is 66.7 Å². The number of allylic oxidation sites excluding steroid dienone is 1. The van der Waals surface area contributed by atoms with Crippen LogP contribution in [0.4, 0.5) is 0 Å². The molecule has 3 aromatic carbocycles. The number of sulfone groups is 2. The third kappa shape index (κ3) is 3.79. The van der Waals surface area contributed by atoms with Gasteiger partial charge in [-0.1, -0.05) is 72.8 Å². The molecule has 1 atom stereocenters. The maximum absolute atomic E-state index is 13.5. The van der Waals surface area contributed by atoms with Gasteiger partial charge >= 0.3 is 0 Å². The van der Waals surface area contributed by atoms with Crippen LogP contribution in [0.1, 0.15) is 11.5 Å². The van der Waals surface area contributed by atoms with E-state index < -0.39 is 30.2 Å². The Morgan fingerprint density at radius 1 is 0.607 bits per heavy atom. The average Bonchev–Trinajstić information content (AvgIpc) is 2.73. The fraction of sp³-hybridized carbons (Fsp3) is 0.0909. The Morgan fingerprint density at radius 2 is 0.964 bits per heavy atom. The van der Waals surface area contributed by atoms with Crippen LogP contribution in [0.15, 0.2) is 113 Å². The van der Waals surface area contributed by atoms with Crippen molar-refractivity contribution < 1.29 is 16.8 Å². The van der Waals surface area contributed by atoms with Gasteiger partial charge in [-0.25, -0.2) is 16.8 Å². The Morgan fingerprint density at radius 3 is 1.32 bits per heavy atom. The van der Waals surface area contributed by atoms with E-state index in [2.05, 4.69) is 6.58 Å². The number of benzene rings is 3. The van der Waals surface area contributed by atoms with Crippen molar-refractivity contribution in [1.29, 1.82) is 0 Å². The van der Waals surface area contributed by atoms with Gasteiger partial charge in [0.1, 0.15) is 0 Å². The molecule has 0 saturated carbocycles. The average molecular weight is 413 g/mol. The molecule has 4 nitrogen and oxygen atoms in total. The molecule has 0 radical (unpaired) electrons. The summed E-state index contributed by atoms with van der Waals surface area (Å²) in [7, 11) is -8.45. The normalized spacial score (nSPS) is 13.2. The van der Waals surface area contributed by atoms with Crippen LogP contribution in [-0.2, 0) is 19.7 Å². The zero-order valence-corrected chi connectivity index (χ0v) is 16.7. The molecule has 0 heterocycles. The summed E-state index contributed by atoms with van der Waals surface area (Å²) in [5.41, 5.74) is 0.571. The predicted molar refractivity (Wildman–Crippen MR) is 110 cm³/mol. The van der Waals surface area contributed by atoms with E-state index in [0.717, 1.165) is 0 Å². The Hall–Kier alpha value is -2.70.